The number of nitrogens with one attached hydrogen (secondary N) is 1. The molecule has 7 heteroatoms. The number of para-hydroxylation sites is 1. The third kappa shape index (κ3) is 2.88. The van der Waals surface area contributed by atoms with Crippen molar-refractivity contribution in [1.82, 2.24) is 15.1 Å². The summed E-state index contributed by atoms with van der Waals surface area (Å²) in [6.45, 7) is 1.47. The van der Waals surface area contributed by atoms with Gasteiger partial charge in [0.15, 0.2) is 0 Å². The summed E-state index contributed by atoms with van der Waals surface area (Å²) in [6.07, 6.45) is 0.784. The van der Waals surface area contributed by atoms with Gasteiger partial charge in [0.1, 0.15) is 5.75 Å². The minimum absolute atomic E-state index is 0.0166. The molecule has 0 aliphatic carbocycles. The lowest BCUT2D eigenvalue weighted by Crippen LogP contribution is -2.42. The Bertz CT molecular complexity index is 861. The number of fused-ring (bicyclic) bond motifs is 3. The first kappa shape index (κ1) is 16.8. The number of hydrogen-bond acceptors (Lipinski definition) is 5. The van der Waals surface area contributed by atoms with E-state index in [0.717, 1.165) is 11.3 Å². The molecule has 0 saturated carbocycles. The zero-order valence-electron chi connectivity index (χ0n) is 14.4. The fourth-order valence-electron chi connectivity index (χ4n) is 3.97. The predicted molar refractivity (Wildman–Crippen MR) is 94.0 cm³/mol. The molecule has 7 nitrogen and oxygen atoms in total. The number of aromatic amines is 1. The van der Waals surface area contributed by atoms with Crippen LogP contribution in [-0.4, -0.2) is 52.4 Å². The molecule has 1 fully saturated rings. The SMILES string of the molecule is O=C(CCc1ccc(=O)[nH]n1)N1C[C@@H]2c3ccccc3OC[C@]2(CO)C1. The number of carbonyl (C=O) groups is 1. The van der Waals surface area contributed by atoms with Crippen molar-refractivity contribution in [2.75, 3.05) is 26.3 Å². The van der Waals surface area contributed by atoms with E-state index in [-0.39, 0.29) is 24.0 Å². The van der Waals surface area contributed by atoms with Crippen molar-refractivity contribution in [3.05, 3.63) is 58.0 Å². The number of nitrogens with zero attached hydrogens (tertiary/aromatic N) is 2. The average Bonchev–Trinajstić information content (AvgIpc) is 3.08. The molecule has 3 heterocycles. The van der Waals surface area contributed by atoms with Crippen molar-refractivity contribution < 1.29 is 14.6 Å². The monoisotopic (exact) mass is 355 g/mol. The molecule has 1 aromatic heterocycles. The number of likely N-dealkylation sites (tertiary alicyclic amines) is 1. The fraction of sp³-hybridized carbons (Fsp3) is 0.421. The van der Waals surface area contributed by atoms with Gasteiger partial charge in [-0.1, -0.05) is 18.2 Å². The molecule has 0 unspecified atom stereocenters. The molecule has 0 bridgehead atoms. The summed E-state index contributed by atoms with van der Waals surface area (Å²) in [6, 6.07) is 10.9. The van der Waals surface area contributed by atoms with Gasteiger partial charge in [0.05, 0.1) is 24.3 Å². The Hall–Kier alpha value is -2.67. The third-order valence-electron chi connectivity index (χ3n) is 5.46. The van der Waals surface area contributed by atoms with Gasteiger partial charge in [-0.3, -0.25) is 9.59 Å². The van der Waals surface area contributed by atoms with Gasteiger partial charge in [0.25, 0.3) is 5.56 Å². The molecule has 0 spiro atoms. The van der Waals surface area contributed by atoms with E-state index in [0.29, 0.717) is 38.2 Å². The topological polar surface area (TPSA) is 95.5 Å². The van der Waals surface area contributed by atoms with Crippen molar-refractivity contribution in [1.29, 1.82) is 0 Å². The lowest BCUT2D eigenvalue weighted by atomic mass is 9.74. The van der Waals surface area contributed by atoms with E-state index in [4.69, 9.17) is 4.74 Å². The second-order valence-corrected chi connectivity index (χ2v) is 7.09. The first-order valence-electron chi connectivity index (χ1n) is 8.76. The van der Waals surface area contributed by atoms with Crippen LogP contribution in [0.1, 0.15) is 23.6 Å². The van der Waals surface area contributed by atoms with E-state index in [1.54, 1.807) is 6.07 Å². The number of benzene rings is 1. The molecule has 2 N–H and O–H groups in total. The highest BCUT2D eigenvalue weighted by Crippen LogP contribution is 2.49. The smallest absolute Gasteiger partial charge is 0.264 e. The molecule has 2 atom stereocenters. The summed E-state index contributed by atoms with van der Waals surface area (Å²) < 4.78 is 5.86. The van der Waals surface area contributed by atoms with Gasteiger partial charge in [-0.15, -0.1) is 0 Å². The van der Waals surface area contributed by atoms with Crippen LogP contribution in [0.5, 0.6) is 5.75 Å². The number of rotatable bonds is 4. The summed E-state index contributed by atoms with van der Waals surface area (Å²) in [4.78, 5) is 25.6. The first-order chi connectivity index (χ1) is 12.6. The lowest BCUT2D eigenvalue weighted by Gasteiger charge is -2.37. The highest BCUT2D eigenvalue weighted by atomic mass is 16.5. The zero-order valence-corrected chi connectivity index (χ0v) is 14.4. The molecule has 1 amide bonds. The van der Waals surface area contributed by atoms with E-state index in [9.17, 15) is 14.7 Å². The molecule has 136 valence electrons. The Morgan fingerprint density at radius 2 is 2.19 bits per heavy atom. The summed E-state index contributed by atoms with van der Waals surface area (Å²) >= 11 is 0. The molecule has 0 radical (unpaired) electrons. The molecular formula is C19H21N3O4. The van der Waals surface area contributed by atoms with E-state index in [1.165, 1.54) is 6.07 Å². The number of carbonyl (C=O) groups excluding carboxylic acids is 1. The van der Waals surface area contributed by atoms with E-state index < -0.39 is 5.41 Å². The van der Waals surface area contributed by atoms with Gasteiger partial charge in [-0.2, -0.15) is 5.10 Å². The fourth-order valence-corrected chi connectivity index (χ4v) is 3.97. The Morgan fingerprint density at radius 3 is 2.96 bits per heavy atom. The number of ether oxygens (including phenoxy) is 1. The number of amides is 1. The number of aliphatic hydroxyl groups excluding tert-OH is 1. The molecule has 4 rings (SSSR count). The van der Waals surface area contributed by atoms with E-state index in [1.807, 2.05) is 29.2 Å². The van der Waals surface area contributed by atoms with Crippen molar-refractivity contribution in [2.45, 2.75) is 18.8 Å². The number of hydrogen-bond donors (Lipinski definition) is 2. The second-order valence-electron chi connectivity index (χ2n) is 7.09. The Balaban J connectivity index is 1.48. The molecule has 2 aliphatic heterocycles. The van der Waals surface area contributed by atoms with Crippen LogP contribution in [0.2, 0.25) is 0 Å². The van der Waals surface area contributed by atoms with Gasteiger partial charge < -0.3 is 14.7 Å². The second kappa shape index (κ2) is 6.57. The maximum absolute atomic E-state index is 12.7. The van der Waals surface area contributed by atoms with Crippen LogP contribution >= 0.6 is 0 Å². The Labute approximate surface area is 150 Å². The van der Waals surface area contributed by atoms with E-state index >= 15 is 0 Å². The Morgan fingerprint density at radius 1 is 1.35 bits per heavy atom. The van der Waals surface area contributed by atoms with Crippen LogP contribution in [0.4, 0.5) is 0 Å². The molecule has 1 saturated heterocycles. The predicted octanol–water partition coefficient (Wildman–Crippen LogP) is 0.700. The van der Waals surface area contributed by atoms with Gasteiger partial charge >= 0.3 is 0 Å². The largest absolute Gasteiger partial charge is 0.493 e. The summed E-state index contributed by atoms with van der Waals surface area (Å²) in [5.74, 6) is 0.943. The molecule has 2 aliphatic rings. The van der Waals surface area contributed by atoms with Gasteiger partial charge in [0.2, 0.25) is 5.91 Å². The number of aliphatic hydroxyl groups is 1. The zero-order chi connectivity index (χ0) is 18.1. The maximum atomic E-state index is 12.7. The quantitative estimate of drug-likeness (QED) is 0.842. The van der Waals surface area contributed by atoms with Gasteiger partial charge in [0, 0.05) is 37.9 Å². The minimum Gasteiger partial charge on any atom is -0.493 e. The molecule has 26 heavy (non-hydrogen) atoms. The molecule has 1 aromatic carbocycles. The number of aryl methyl sites for hydroxylation is 1. The number of aromatic nitrogens is 2. The standard InChI is InChI=1S/C19H21N3O4/c23-11-19-10-22(18(25)8-6-13-5-7-17(24)21-20-13)9-15(19)14-3-1-2-4-16(14)26-12-19/h1-5,7,15,23H,6,8-12H2,(H,21,24)/t15-,19-/m1/s1. The highest BCUT2D eigenvalue weighted by molar-refractivity contribution is 5.77. The third-order valence-corrected chi connectivity index (χ3v) is 5.46. The normalized spacial score (nSPS) is 23.9. The van der Waals surface area contributed by atoms with Crippen molar-refractivity contribution in [3.8, 4) is 5.75 Å². The number of H-pyrrole nitrogens is 1. The highest BCUT2D eigenvalue weighted by Gasteiger charge is 2.51. The van der Waals surface area contributed by atoms with Crippen molar-refractivity contribution in [3.63, 3.8) is 0 Å². The van der Waals surface area contributed by atoms with Crippen LogP contribution in [0.3, 0.4) is 0 Å². The summed E-state index contributed by atoms with van der Waals surface area (Å²) in [5.41, 5.74) is 1.04. The molecule has 2 aromatic rings. The van der Waals surface area contributed by atoms with Crippen molar-refractivity contribution >= 4 is 5.91 Å². The van der Waals surface area contributed by atoms with Crippen LogP contribution < -0.4 is 10.3 Å². The average molecular weight is 355 g/mol. The van der Waals surface area contributed by atoms with Gasteiger partial charge in [-0.05, 0) is 17.7 Å². The van der Waals surface area contributed by atoms with E-state index in [2.05, 4.69) is 10.2 Å². The van der Waals surface area contributed by atoms with Crippen LogP contribution in [0.15, 0.2) is 41.2 Å². The van der Waals surface area contributed by atoms with Crippen molar-refractivity contribution in [2.24, 2.45) is 5.41 Å². The minimum atomic E-state index is -0.444. The van der Waals surface area contributed by atoms with Crippen LogP contribution in [0, 0.1) is 5.41 Å². The lowest BCUT2D eigenvalue weighted by molar-refractivity contribution is -0.130. The Kier molecular flexibility index (Phi) is 4.24. The maximum Gasteiger partial charge on any atom is 0.264 e. The van der Waals surface area contributed by atoms with Crippen LogP contribution in [-0.2, 0) is 11.2 Å². The first-order valence-corrected chi connectivity index (χ1v) is 8.76. The summed E-state index contributed by atoms with van der Waals surface area (Å²) in [7, 11) is 0. The molecular weight excluding hydrogens is 334 g/mol. The van der Waals surface area contributed by atoms with Crippen LogP contribution in [0.25, 0.3) is 0 Å². The van der Waals surface area contributed by atoms with Gasteiger partial charge in [-0.25, -0.2) is 5.10 Å². The summed E-state index contributed by atoms with van der Waals surface area (Å²) in [5, 5.41) is 16.4.